The molecule has 46 heavy (non-hydrogen) atoms. The molecule has 0 fully saturated rings. The fourth-order valence-corrected chi connectivity index (χ4v) is 8.47. The molecule has 0 aliphatic carbocycles. The molecule has 0 atom stereocenters. The van der Waals surface area contributed by atoms with Crippen molar-refractivity contribution in [3.05, 3.63) is 132 Å². The summed E-state index contributed by atoms with van der Waals surface area (Å²) in [5.41, 5.74) is 9.96. The van der Waals surface area contributed by atoms with Crippen LogP contribution in [0.1, 0.15) is 70.3 Å². The number of aliphatic hydroxyl groups excluding tert-OH is 1. The average molecular weight is 956 g/mol. The van der Waals surface area contributed by atoms with Crippen LogP contribution in [-0.2, 0) is 25.7 Å². The zero-order valence-electron chi connectivity index (χ0n) is 26.6. The topological polar surface area (TPSA) is 101 Å². The molecule has 0 unspecified atom stereocenters. The summed E-state index contributed by atoms with van der Waals surface area (Å²) in [5, 5.41) is 53.3. The van der Waals surface area contributed by atoms with E-state index in [9.17, 15) is 25.5 Å². The molecule has 0 amide bonds. The van der Waals surface area contributed by atoms with Crippen molar-refractivity contribution in [1.82, 2.24) is 0 Å². The Morgan fingerprint density at radius 1 is 0.609 bits per heavy atom. The highest BCUT2D eigenvalue weighted by Crippen LogP contribution is 2.34. The van der Waals surface area contributed by atoms with Gasteiger partial charge >= 0.3 is 0 Å². The Hall–Kier alpha value is -2.45. The van der Waals surface area contributed by atoms with Crippen LogP contribution in [0.4, 0.5) is 0 Å². The number of aliphatic hydroxyl groups is 1. The van der Waals surface area contributed by atoms with Crippen molar-refractivity contribution >= 4 is 67.8 Å². The minimum absolute atomic E-state index is 0.261. The van der Waals surface area contributed by atoms with Gasteiger partial charge in [-0.1, -0.05) is 47.5 Å². The van der Waals surface area contributed by atoms with E-state index in [4.69, 9.17) is 0 Å². The lowest BCUT2D eigenvalue weighted by molar-refractivity contribution is 0.383. The zero-order chi connectivity index (χ0) is 33.9. The molecule has 0 aliphatic rings. The molecule has 5 nitrogen and oxygen atoms in total. The first-order chi connectivity index (χ1) is 21.6. The molecule has 4 aromatic carbocycles. The summed E-state index contributed by atoms with van der Waals surface area (Å²) in [6.07, 6.45) is 4.71. The van der Waals surface area contributed by atoms with Gasteiger partial charge in [-0.3, -0.25) is 0 Å². The minimum Gasteiger partial charge on any atom is -0.512 e. The lowest BCUT2D eigenvalue weighted by atomic mass is 9.92. The Labute approximate surface area is 312 Å². The van der Waals surface area contributed by atoms with E-state index in [0.29, 0.717) is 43.6 Å². The van der Waals surface area contributed by atoms with Gasteiger partial charge in [0.25, 0.3) is 0 Å². The first kappa shape index (κ1) is 36.4. The maximum Gasteiger partial charge on any atom is 0.142 e. The van der Waals surface area contributed by atoms with Crippen LogP contribution in [0.15, 0.2) is 71.5 Å². The monoisotopic (exact) mass is 956 g/mol. The third kappa shape index (κ3) is 9.12. The number of allylic oxidation sites excluding steroid dienone is 4. The van der Waals surface area contributed by atoms with E-state index in [0.717, 1.165) is 71.9 Å². The second-order valence-corrected chi connectivity index (χ2v) is 15.6. The lowest BCUT2D eigenvalue weighted by Crippen LogP contribution is -1.99. The van der Waals surface area contributed by atoms with Crippen LogP contribution >= 0.6 is 67.8 Å². The Bertz CT molecular complexity index is 1810. The van der Waals surface area contributed by atoms with Crippen LogP contribution in [0.3, 0.4) is 0 Å². The summed E-state index contributed by atoms with van der Waals surface area (Å²) in [6, 6.07) is 15.7. The van der Waals surface area contributed by atoms with Gasteiger partial charge in [-0.2, -0.15) is 0 Å². The minimum atomic E-state index is 0.261. The second kappa shape index (κ2) is 15.6. The molecule has 0 spiro atoms. The molecule has 242 valence electrons. The maximum absolute atomic E-state index is 11.4. The third-order valence-electron chi connectivity index (χ3n) is 8.07. The summed E-state index contributed by atoms with van der Waals surface area (Å²) < 4.78 is 2.38. The number of phenols is 4. The number of phenolic OH excluding ortho intramolecular Hbond substituents is 4. The molecule has 0 saturated heterocycles. The smallest absolute Gasteiger partial charge is 0.142 e. The van der Waals surface area contributed by atoms with Gasteiger partial charge in [0.2, 0.25) is 0 Å². The van der Waals surface area contributed by atoms with E-state index in [-0.39, 0.29) is 17.2 Å². The van der Waals surface area contributed by atoms with Gasteiger partial charge < -0.3 is 25.5 Å². The van der Waals surface area contributed by atoms with Gasteiger partial charge in [0.15, 0.2) is 0 Å². The first-order valence-electron chi connectivity index (χ1n) is 15.0. The zero-order valence-corrected chi connectivity index (χ0v) is 33.1. The summed E-state index contributed by atoms with van der Waals surface area (Å²) in [4.78, 5) is 0. The van der Waals surface area contributed by atoms with Crippen LogP contribution in [0.5, 0.6) is 23.0 Å². The molecule has 0 aromatic heterocycles. The van der Waals surface area contributed by atoms with Crippen LogP contribution in [0.25, 0.3) is 0 Å². The number of benzene rings is 4. The Morgan fingerprint density at radius 2 is 1.11 bits per heavy atom. The van der Waals surface area contributed by atoms with Crippen molar-refractivity contribution in [1.29, 1.82) is 0 Å². The van der Waals surface area contributed by atoms with E-state index < -0.39 is 0 Å². The SMILES string of the molecule is C/C(=C\C(C)=C(\O)CCc1cc(I)c(O)c(I)c1)Cc1cc(C)cc(Cc2cc(C)c(O)c(Cc3cc(C)c(O)c(I)c3)c2)c1O. The highest BCUT2D eigenvalue weighted by molar-refractivity contribution is 14.1. The molecule has 0 radical (unpaired) electrons. The summed E-state index contributed by atoms with van der Waals surface area (Å²) in [6.45, 7) is 9.69. The van der Waals surface area contributed by atoms with E-state index >= 15 is 0 Å². The molecular weight excluding hydrogens is 917 g/mol. The highest BCUT2D eigenvalue weighted by Gasteiger charge is 2.15. The largest absolute Gasteiger partial charge is 0.512 e. The standard InChI is InChI=1S/C38H39I3O5/c1-20(8-22(3)34(42)7-6-25-17-32(40)38(46)33(41)18-25)9-28-10-21(2)11-29(37(28)45)14-26-12-23(4)35(43)30(15-26)16-27-13-24(5)36(44)31(39)19-27/h8,10-13,15,17-19,42-46H,6-7,9,14,16H2,1-5H3/b20-8+,34-22+. The molecule has 0 bridgehead atoms. The van der Waals surface area contributed by atoms with Crippen molar-refractivity contribution < 1.29 is 25.5 Å². The quantitative estimate of drug-likeness (QED) is 0.0619. The van der Waals surface area contributed by atoms with Crippen LogP contribution < -0.4 is 0 Å². The fraction of sp³-hybridized carbons (Fsp3) is 0.263. The molecule has 4 aromatic rings. The third-order valence-corrected chi connectivity index (χ3v) is 10.5. The number of halogens is 3. The van der Waals surface area contributed by atoms with Gasteiger partial charge in [0.1, 0.15) is 23.0 Å². The molecule has 5 N–H and O–H groups in total. The number of aromatic hydroxyl groups is 4. The van der Waals surface area contributed by atoms with Gasteiger partial charge in [0.05, 0.1) is 16.5 Å². The normalized spacial score (nSPS) is 12.4. The van der Waals surface area contributed by atoms with Crippen molar-refractivity contribution in [3.8, 4) is 23.0 Å². The van der Waals surface area contributed by atoms with Gasteiger partial charge in [0, 0.05) is 19.3 Å². The van der Waals surface area contributed by atoms with Crippen LogP contribution in [0.2, 0.25) is 0 Å². The van der Waals surface area contributed by atoms with E-state index in [1.807, 2.05) is 89.2 Å². The van der Waals surface area contributed by atoms with E-state index in [2.05, 4.69) is 67.8 Å². The number of hydrogen-bond donors (Lipinski definition) is 5. The maximum atomic E-state index is 11.4. The summed E-state index contributed by atoms with van der Waals surface area (Å²) in [5.74, 6) is 1.42. The molecule has 0 heterocycles. The molecule has 4 rings (SSSR count). The Balaban J connectivity index is 1.52. The first-order valence-corrected chi connectivity index (χ1v) is 18.2. The number of rotatable bonds is 10. The van der Waals surface area contributed by atoms with Crippen molar-refractivity contribution in [2.24, 2.45) is 0 Å². The van der Waals surface area contributed by atoms with Crippen LogP contribution in [-0.4, -0.2) is 25.5 Å². The van der Waals surface area contributed by atoms with Gasteiger partial charge in [-0.25, -0.2) is 0 Å². The Morgan fingerprint density at radius 3 is 1.72 bits per heavy atom. The molecular formula is C38H39I3O5. The van der Waals surface area contributed by atoms with E-state index in [1.165, 1.54) is 0 Å². The second-order valence-electron chi connectivity index (χ2n) is 12.2. The lowest BCUT2D eigenvalue weighted by Gasteiger charge is -2.15. The Kier molecular flexibility index (Phi) is 12.4. The van der Waals surface area contributed by atoms with Crippen molar-refractivity contribution in [2.75, 3.05) is 0 Å². The van der Waals surface area contributed by atoms with Gasteiger partial charge in [-0.05, 0) is 184 Å². The summed E-state index contributed by atoms with van der Waals surface area (Å²) >= 11 is 6.36. The number of hydrogen-bond acceptors (Lipinski definition) is 5. The van der Waals surface area contributed by atoms with Crippen molar-refractivity contribution in [2.45, 2.75) is 66.7 Å². The predicted octanol–water partition coefficient (Wildman–Crippen LogP) is 10.4. The summed E-state index contributed by atoms with van der Waals surface area (Å²) in [7, 11) is 0. The molecule has 0 saturated carbocycles. The number of aryl methyl sites for hydroxylation is 4. The van der Waals surface area contributed by atoms with Crippen LogP contribution in [0, 0.1) is 31.5 Å². The average Bonchev–Trinajstić information content (AvgIpc) is 2.98. The van der Waals surface area contributed by atoms with Gasteiger partial charge in [-0.15, -0.1) is 0 Å². The highest BCUT2D eigenvalue weighted by atomic mass is 127. The molecule has 0 aliphatic heterocycles. The molecule has 8 heteroatoms. The van der Waals surface area contributed by atoms with Crippen molar-refractivity contribution in [3.63, 3.8) is 0 Å². The fourth-order valence-electron chi connectivity index (χ4n) is 5.75. The van der Waals surface area contributed by atoms with E-state index in [1.54, 1.807) is 0 Å². The predicted molar refractivity (Wildman–Crippen MR) is 212 cm³/mol.